The van der Waals surface area contributed by atoms with E-state index in [4.69, 9.17) is 27.2 Å². The van der Waals surface area contributed by atoms with Gasteiger partial charge in [-0.15, -0.1) is 0 Å². The van der Waals surface area contributed by atoms with Gasteiger partial charge in [-0.25, -0.2) is 14.4 Å². The number of rotatable bonds is 5. The fourth-order valence-electron chi connectivity index (χ4n) is 2.87. The van der Waals surface area contributed by atoms with Gasteiger partial charge in [0.25, 0.3) is 0 Å². The number of carbonyl (C=O) groups excluding carboxylic acids is 2. The van der Waals surface area contributed by atoms with Crippen molar-refractivity contribution in [1.29, 1.82) is 0 Å². The predicted molar refractivity (Wildman–Crippen MR) is 96.3 cm³/mol. The number of urea groups is 2. The molecule has 9 heteroatoms. The van der Waals surface area contributed by atoms with Crippen LogP contribution in [0, 0.1) is 0 Å². The zero-order valence-electron chi connectivity index (χ0n) is 14.1. The summed E-state index contributed by atoms with van der Waals surface area (Å²) < 4.78 is 4.89. The van der Waals surface area contributed by atoms with Crippen LogP contribution >= 0.6 is 11.6 Å². The molecule has 1 aliphatic heterocycles. The Labute approximate surface area is 159 Å². The van der Waals surface area contributed by atoms with E-state index in [1.807, 2.05) is 0 Å². The number of quaternary nitrogens is 1. The van der Waals surface area contributed by atoms with Crippen LogP contribution in [0.4, 0.5) is 9.59 Å². The van der Waals surface area contributed by atoms with Crippen molar-refractivity contribution in [1.82, 2.24) is 5.32 Å². The normalized spacial score (nSPS) is 21.5. The number of nitrogens with zero attached hydrogens (tertiary/aromatic N) is 1. The lowest BCUT2D eigenvalue weighted by molar-refractivity contribution is -0.771. The maximum absolute atomic E-state index is 12.3. The summed E-state index contributed by atoms with van der Waals surface area (Å²) in [6.07, 6.45) is 0. The molecule has 0 bridgehead atoms. The summed E-state index contributed by atoms with van der Waals surface area (Å²) in [4.78, 5) is 35.3. The van der Waals surface area contributed by atoms with Crippen molar-refractivity contribution in [3.8, 4) is 11.5 Å². The molecule has 4 amide bonds. The smallest absolute Gasteiger partial charge is 0.426 e. The minimum Gasteiger partial charge on any atom is -0.480 e. The molecule has 0 aromatic heterocycles. The van der Waals surface area contributed by atoms with Crippen molar-refractivity contribution in [2.24, 2.45) is 5.73 Å². The zero-order valence-corrected chi connectivity index (χ0v) is 14.8. The van der Waals surface area contributed by atoms with E-state index in [2.05, 4.69) is 5.32 Å². The number of aliphatic carboxylic acids is 1. The molecule has 1 heterocycles. The number of benzene rings is 2. The van der Waals surface area contributed by atoms with Gasteiger partial charge < -0.3 is 15.6 Å². The first-order valence-electron chi connectivity index (χ1n) is 8.03. The average Bonchev–Trinajstić information content (AvgIpc) is 2.97. The second-order valence-corrected chi connectivity index (χ2v) is 6.62. The van der Waals surface area contributed by atoms with Crippen molar-refractivity contribution in [3.05, 3.63) is 59.1 Å². The van der Waals surface area contributed by atoms with E-state index in [9.17, 15) is 14.4 Å². The number of halogens is 1. The summed E-state index contributed by atoms with van der Waals surface area (Å²) in [7, 11) is 0. The number of primary amides is 1. The molecule has 1 unspecified atom stereocenters. The van der Waals surface area contributed by atoms with Gasteiger partial charge in [-0.3, -0.25) is 5.32 Å². The van der Waals surface area contributed by atoms with Crippen LogP contribution in [0.15, 0.2) is 48.5 Å². The van der Waals surface area contributed by atoms with Crippen LogP contribution in [0.1, 0.15) is 5.56 Å². The van der Waals surface area contributed by atoms with Crippen LogP contribution in [0.25, 0.3) is 0 Å². The quantitative estimate of drug-likeness (QED) is 0.678. The molecule has 140 valence electrons. The molecule has 2 aromatic carbocycles. The fourth-order valence-corrected chi connectivity index (χ4v) is 3.00. The Morgan fingerprint density at radius 3 is 2.19 bits per heavy atom. The molecule has 27 heavy (non-hydrogen) atoms. The maximum atomic E-state index is 12.3. The molecular weight excluding hydrogens is 374 g/mol. The number of hydrogen-bond acceptors (Lipinski definition) is 4. The molecule has 2 atom stereocenters. The van der Waals surface area contributed by atoms with Crippen molar-refractivity contribution in [2.75, 3.05) is 6.54 Å². The van der Waals surface area contributed by atoms with Gasteiger partial charge in [0, 0.05) is 10.6 Å². The van der Waals surface area contributed by atoms with Crippen molar-refractivity contribution >= 4 is 29.6 Å². The first kappa shape index (κ1) is 18.7. The molecule has 0 saturated carbocycles. The van der Waals surface area contributed by atoms with Crippen molar-refractivity contribution in [3.63, 3.8) is 0 Å². The molecule has 1 aliphatic rings. The Morgan fingerprint density at radius 1 is 1.15 bits per heavy atom. The van der Waals surface area contributed by atoms with E-state index >= 15 is 0 Å². The molecule has 3 rings (SSSR count). The van der Waals surface area contributed by atoms with Gasteiger partial charge in [0.05, 0.1) is 0 Å². The van der Waals surface area contributed by atoms with Crippen LogP contribution in [-0.2, 0) is 11.3 Å². The topological polar surface area (TPSA) is 119 Å². The first-order valence-corrected chi connectivity index (χ1v) is 8.41. The highest BCUT2D eigenvalue weighted by atomic mass is 35.5. The number of carboxylic acids is 1. The molecule has 1 fully saturated rings. The number of imide groups is 1. The van der Waals surface area contributed by atoms with Crippen LogP contribution in [0.3, 0.4) is 0 Å². The average molecular weight is 391 g/mol. The van der Waals surface area contributed by atoms with E-state index in [1.54, 1.807) is 48.5 Å². The Hall–Kier alpha value is -3.10. The second kappa shape index (κ2) is 7.26. The fraction of sp³-hybridized carbons (Fsp3) is 0.167. The number of carboxylic acid groups (broad SMARTS) is 1. The third kappa shape index (κ3) is 3.86. The number of amides is 4. The lowest BCUT2D eigenvalue weighted by Crippen LogP contribution is -2.57. The van der Waals surface area contributed by atoms with Crippen molar-refractivity contribution in [2.45, 2.75) is 12.6 Å². The Kier molecular flexibility index (Phi) is 5.02. The number of hydrogen-bond donors (Lipinski definition) is 3. The minimum atomic E-state index is -1.21. The van der Waals surface area contributed by atoms with Crippen molar-refractivity contribution < 1.29 is 28.7 Å². The standard InChI is InChI=1S/C18H16ClN3O5/c19-12-3-7-14(8-4-12)27-13-5-1-11(2-6-13)9-22(17(20)25)10-15(16(23)24)21-18(22)26/h1-8,15H,9-10H2,(H3-,20,21,23,24,25,26)/p+1/t15-,22?/m1/s1. The van der Waals surface area contributed by atoms with E-state index in [1.165, 1.54) is 0 Å². The molecular formula is C18H17ClN3O5+. The third-order valence-corrected chi connectivity index (χ3v) is 4.58. The number of ether oxygens (including phenoxy) is 1. The minimum absolute atomic E-state index is 0.0494. The largest absolute Gasteiger partial charge is 0.480 e. The number of carbonyl (C=O) groups is 3. The van der Waals surface area contributed by atoms with Crippen LogP contribution in [0.2, 0.25) is 5.02 Å². The summed E-state index contributed by atoms with van der Waals surface area (Å²) in [5.74, 6) is -0.0479. The third-order valence-electron chi connectivity index (χ3n) is 4.33. The molecule has 1 saturated heterocycles. The molecule has 0 radical (unpaired) electrons. The number of nitrogens with one attached hydrogen (secondary N) is 1. The van der Waals surface area contributed by atoms with Crippen LogP contribution in [0.5, 0.6) is 11.5 Å². The molecule has 0 spiro atoms. The SMILES string of the molecule is NC(=O)[N+]1(Cc2ccc(Oc3ccc(Cl)cc3)cc2)C[C@H](C(=O)O)NC1=O. The summed E-state index contributed by atoms with van der Waals surface area (Å²) in [5, 5.41) is 12.0. The highest BCUT2D eigenvalue weighted by Crippen LogP contribution is 2.26. The molecule has 2 aromatic rings. The van der Waals surface area contributed by atoms with E-state index in [0.29, 0.717) is 22.1 Å². The predicted octanol–water partition coefficient (Wildman–Crippen LogP) is 2.70. The van der Waals surface area contributed by atoms with Gasteiger partial charge in [0.1, 0.15) is 24.6 Å². The van der Waals surface area contributed by atoms with Gasteiger partial charge in [0.2, 0.25) is 0 Å². The highest BCUT2D eigenvalue weighted by molar-refractivity contribution is 6.30. The van der Waals surface area contributed by atoms with Crippen LogP contribution < -0.4 is 15.8 Å². The van der Waals surface area contributed by atoms with E-state index in [-0.39, 0.29) is 13.1 Å². The van der Waals surface area contributed by atoms with E-state index < -0.39 is 28.6 Å². The van der Waals surface area contributed by atoms with E-state index in [0.717, 1.165) is 0 Å². The summed E-state index contributed by atoms with van der Waals surface area (Å²) >= 11 is 5.83. The second-order valence-electron chi connectivity index (χ2n) is 6.19. The molecule has 0 aliphatic carbocycles. The van der Waals surface area contributed by atoms with Gasteiger partial charge in [0.15, 0.2) is 6.04 Å². The summed E-state index contributed by atoms with van der Waals surface area (Å²) in [6.45, 7) is -0.293. The highest BCUT2D eigenvalue weighted by Gasteiger charge is 2.54. The summed E-state index contributed by atoms with van der Waals surface area (Å²) in [5.41, 5.74) is 6.06. The van der Waals surface area contributed by atoms with Gasteiger partial charge in [-0.1, -0.05) is 11.6 Å². The van der Waals surface area contributed by atoms with Gasteiger partial charge >= 0.3 is 18.0 Å². The lowest BCUT2D eigenvalue weighted by atomic mass is 10.1. The maximum Gasteiger partial charge on any atom is 0.426 e. The molecule has 4 N–H and O–H groups in total. The number of nitrogens with two attached hydrogens (primary N) is 1. The molecule has 8 nitrogen and oxygen atoms in total. The van der Waals surface area contributed by atoms with Gasteiger partial charge in [-0.2, -0.15) is 4.48 Å². The van der Waals surface area contributed by atoms with Crippen LogP contribution in [-0.4, -0.2) is 40.2 Å². The Bertz CT molecular complexity index is 885. The Balaban J connectivity index is 1.76. The first-order chi connectivity index (χ1) is 12.8. The zero-order chi connectivity index (χ0) is 19.6. The monoisotopic (exact) mass is 390 g/mol. The lowest BCUT2D eigenvalue weighted by Gasteiger charge is -2.24. The summed E-state index contributed by atoms with van der Waals surface area (Å²) in [6, 6.07) is 10.8. The Morgan fingerprint density at radius 2 is 1.70 bits per heavy atom. The van der Waals surface area contributed by atoms with Gasteiger partial charge in [-0.05, 0) is 48.5 Å².